The molecule has 0 aromatic rings. The van der Waals surface area contributed by atoms with E-state index in [4.69, 9.17) is 0 Å². The largest absolute Gasteiger partial charge is 0.261 e. The lowest BCUT2D eigenvalue weighted by Gasteiger charge is -2.17. The highest BCUT2D eigenvalue weighted by molar-refractivity contribution is 5.98. The van der Waals surface area contributed by atoms with Gasteiger partial charge in [-0.3, -0.25) is 4.99 Å². The zero-order valence-corrected chi connectivity index (χ0v) is 7.89. The molecule has 0 aromatic carbocycles. The van der Waals surface area contributed by atoms with Gasteiger partial charge in [0, 0.05) is 17.3 Å². The molecule has 0 aliphatic heterocycles. The normalized spacial score (nSPS) is 14.0. The van der Waals surface area contributed by atoms with E-state index in [2.05, 4.69) is 32.3 Å². The van der Waals surface area contributed by atoms with Gasteiger partial charge in [0.25, 0.3) is 0 Å². The van der Waals surface area contributed by atoms with E-state index in [-0.39, 0.29) is 5.41 Å². The molecule has 0 heterocycles. The summed E-state index contributed by atoms with van der Waals surface area (Å²) in [5.74, 6) is 0. The van der Waals surface area contributed by atoms with E-state index < -0.39 is 0 Å². The van der Waals surface area contributed by atoms with Crippen LogP contribution in [0.3, 0.4) is 0 Å². The van der Waals surface area contributed by atoms with E-state index >= 15 is 0 Å². The smallest absolute Gasteiger partial charge is 0.0450 e. The van der Waals surface area contributed by atoms with Crippen molar-refractivity contribution in [3.8, 4) is 0 Å². The maximum Gasteiger partial charge on any atom is 0.0450 e. The van der Waals surface area contributed by atoms with Crippen molar-refractivity contribution in [2.45, 2.75) is 27.7 Å². The van der Waals surface area contributed by atoms with E-state index in [1.165, 1.54) is 0 Å². The maximum atomic E-state index is 4.25. The van der Waals surface area contributed by atoms with Crippen LogP contribution in [0, 0.1) is 5.41 Å². The Balaban J connectivity index is 4.53. The summed E-state index contributed by atoms with van der Waals surface area (Å²) < 4.78 is 0. The Bertz CT molecular complexity index is 180. The summed E-state index contributed by atoms with van der Waals surface area (Å²) >= 11 is 0. The molecular weight excluding hydrogens is 134 g/mol. The Kier molecular flexibility index (Phi) is 3.80. The van der Waals surface area contributed by atoms with Crippen LogP contribution in [0.2, 0.25) is 0 Å². The highest BCUT2D eigenvalue weighted by atomic mass is 14.7. The molecule has 0 saturated carbocycles. The highest BCUT2D eigenvalue weighted by Gasteiger charge is 2.14. The van der Waals surface area contributed by atoms with Gasteiger partial charge in [-0.25, -0.2) is 0 Å². The van der Waals surface area contributed by atoms with Gasteiger partial charge in [0.2, 0.25) is 0 Å². The van der Waals surface area contributed by atoms with Crippen molar-refractivity contribution in [1.82, 2.24) is 0 Å². The van der Waals surface area contributed by atoms with E-state index in [0.717, 1.165) is 5.71 Å². The minimum Gasteiger partial charge on any atom is -0.261 e. The van der Waals surface area contributed by atoms with Crippen LogP contribution < -0.4 is 0 Å². The van der Waals surface area contributed by atoms with Gasteiger partial charge >= 0.3 is 0 Å². The van der Waals surface area contributed by atoms with Crippen molar-refractivity contribution in [3.05, 3.63) is 24.9 Å². The minimum atomic E-state index is 0.0985. The Morgan fingerprint density at radius 2 is 1.91 bits per heavy atom. The predicted octanol–water partition coefficient (Wildman–Crippen LogP) is 3.19. The molecule has 0 aliphatic rings. The molecule has 0 bridgehead atoms. The van der Waals surface area contributed by atoms with E-state index in [9.17, 15) is 0 Å². The maximum absolute atomic E-state index is 4.25. The Labute approximate surface area is 69.5 Å². The molecule has 11 heavy (non-hydrogen) atoms. The van der Waals surface area contributed by atoms with Crippen molar-refractivity contribution in [2.24, 2.45) is 10.4 Å². The van der Waals surface area contributed by atoms with Gasteiger partial charge in [-0.15, -0.1) is 0 Å². The average molecular weight is 151 g/mol. The second-order valence-corrected chi connectivity index (χ2v) is 3.45. The van der Waals surface area contributed by atoms with Crippen LogP contribution in [-0.4, -0.2) is 5.71 Å². The van der Waals surface area contributed by atoms with Gasteiger partial charge in [-0.05, 0) is 13.0 Å². The topological polar surface area (TPSA) is 12.4 Å². The van der Waals surface area contributed by atoms with Gasteiger partial charge in [0.15, 0.2) is 0 Å². The molecule has 1 heteroatoms. The Hall–Kier alpha value is -0.850. The number of rotatable bonds is 2. The molecule has 62 valence electrons. The van der Waals surface area contributed by atoms with Crippen LogP contribution in [0.1, 0.15) is 27.7 Å². The molecule has 1 nitrogen and oxygen atoms in total. The van der Waals surface area contributed by atoms with Crippen LogP contribution in [0.25, 0.3) is 0 Å². The lowest BCUT2D eigenvalue weighted by molar-refractivity contribution is 0.594. The van der Waals surface area contributed by atoms with Crippen molar-refractivity contribution >= 4 is 5.71 Å². The van der Waals surface area contributed by atoms with Gasteiger partial charge < -0.3 is 0 Å². The average Bonchev–Trinajstić information content (AvgIpc) is 1.87. The molecule has 0 radical (unpaired) electrons. The van der Waals surface area contributed by atoms with Crippen LogP contribution >= 0.6 is 0 Å². The van der Waals surface area contributed by atoms with Gasteiger partial charge in [0.1, 0.15) is 0 Å². The number of hydrogen-bond donors (Lipinski definition) is 0. The molecule has 0 amide bonds. The summed E-state index contributed by atoms with van der Waals surface area (Å²) in [7, 11) is 0. The monoisotopic (exact) mass is 151 g/mol. The van der Waals surface area contributed by atoms with E-state index in [1.54, 1.807) is 12.3 Å². The summed E-state index contributed by atoms with van der Waals surface area (Å²) in [6, 6.07) is 0. The fourth-order valence-electron chi connectivity index (χ4n) is 0.707. The molecule has 0 saturated heterocycles. The molecule has 0 aromatic heterocycles. The Morgan fingerprint density at radius 3 is 2.18 bits per heavy atom. The lowest BCUT2D eigenvalue weighted by Crippen LogP contribution is -2.17. The highest BCUT2D eigenvalue weighted by Crippen LogP contribution is 2.16. The van der Waals surface area contributed by atoms with Crippen molar-refractivity contribution in [1.29, 1.82) is 0 Å². The van der Waals surface area contributed by atoms with Gasteiger partial charge in [-0.2, -0.15) is 0 Å². The van der Waals surface area contributed by atoms with Crippen molar-refractivity contribution in [2.75, 3.05) is 0 Å². The van der Waals surface area contributed by atoms with Crippen LogP contribution in [0.5, 0.6) is 0 Å². The number of hydrogen-bond acceptors (Lipinski definition) is 1. The summed E-state index contributed by atoms with van der Waals surface area (Å²) in [6.45, 7) is 12.0. The van der Waals surface area contributed by atoms with Crippen LogP contribution in [0.4, 0.5) is 0 Å². The summed E-state index contributed by atoms with van der Waals surface area (Å²) in [4.78, 5) is 4.25. The first-order valence-electron chi connectivity index (χ1n) is 3.84. The standard InChI is InChI=1S/C10H17N/c1-6-8-11-9(7-2)10(3,4)5/h6-8H,2H2,1,3-5H3/b8-6-,11-9?. The molecule has 0 unspecified atom stereocenters. The number of aliphatic imine (C=N–C) groups is 1. The fourth-order valence-corrected chi connectivity index (χ4v) is 0.707. The van der Waals surface area contributed by atoms with Gasteiger partial charge in [0.05, 0.1) is 0 Å². The fraction of sp³-hybridized carbons (Fsp3) is 0.500. The number of nitrogens with zero attached hydrogens (tertiary/aromatic N) is 1. The van der Waals surface area contributed by atoms with Crippen molar-refractivity contribution in [3.63, 3.8) is 0 Å². The lowest BCUT2D eigenvalue weighted by atomic mass is 9.90. The number of allylic oxidation sites excluding steroid dienone is 2. The first kappa shape index (κ1) is 10.2. The Morgan fingerprint density at radius 1 is 1.36 bits per heavy atom. The third-order valence-corrected chi connectivity index (χ3v) is 1.32. The third kappa shape index (κ3) is 3.76. The molecule has 0 aliphatic carbocycles. The van der Waals surface area contributed by atoms with Gasteiger partial charge in [-0.1, -0.05) is 33.4 Å². The minimum absolute atomic E-state index is 0.0985. The first-order valence-corrected chi connectivity index (χ1v) is 3.84. The van der Waals surface area contributed by atoms with E-state index in [1.807, 2.05) is 13.0 Å². The zero-order chi connectivity index (χ0) is 8.91. The van der Waals surface area contributed by atoms with E-state index in [0.29, 0.717) is 0 Å². The molecule has 0 atom stereocenters. The molecule has 0 N–H and O–H groups in total. The summed E-state index contributed by atoms with van der Waals surface area (Å²) in [5.41, 5.74) is 1.12. The third-order valence-electron chi connectivity index (χ3n) is 1.32. The second kappa shape index (κ2) is 4.12. The molecular formula is C10H17N. The SMILES string of the molecule is C=CC(=N/C=C\C)C(C)(C)C. The zero-order valence-electron chi connectivity index (χ0n) is 7.89. The van der Waals surface area contributed by atoms with Crippen molar-refractivity contribution < 1.29 is 0 Å². The quantitative estimate of drug-likeness (QED) is 0.537. The summed E-state index contributed by atoms with van der Waals surface area (Å²) in [6.07, 6.45) is 5.51. The first-order chi connectivity index (χ1) is 5.02. The molecule has 0 rings (SSSR count). The van der Waals surface area contributed by atoms with Crippen LogP contribution in [-0.2, 0) is 0 Å². The molecule has 0 fully saturated rings. The second-order valence-electron chi connectivity index (χ2n) is 3.45. The summed E-state index contributed by atoms with van der Waals surface area (Å²) in [5, 5.41) is 0. The van der Waals surface area contributed by atoms with Crippen LogP contribution in [0.15, 0.2) is 29.9 Å². The predicted molar refractivity (Wildman–Crippen MR) is 51.9 cm³/mol. The molecule has 0 spiro atoms.